The molecule has 0 amide bonds. The molecule has 1 fully saturated rings. The highest BCUT2D eigenvalue weighted by molar-refractivity contribution is 6.09. The molecule has 0 aliphatic carbocycles. The van der Waals surface area contributed by atoms with Gasteiger partial charge in [-0.1, -0.05) is 42.3 Å². The third-order valence-corrected chi connectivity index (χ3v) is 5.06. The number of carbonyl (C=O) groups is 1. The highest BCUT2D eigenvalue weighted by atomic mass is 16.5. The number of hydrogen-bond donors (Lipinski definition) is 1. The maximum absolute atomic E-state index is 12.6. The number of allylic oxidation sites excluding steroid dienone is 1. The molecule has 1 saturated heterocycles. The lowest BCUT2D eigenvalue weighted by Gasteiger charge is -2.27. The fourth-order valence-electron chi connectivity index (χ4n) is 3.44. The predicted octanol–water partition coefficient (Wildman–Crippen LogP) is 4.59. The number of phenols is 1. The van der Waals surface area contributed by atoms with Crippen LogP contribution in [-0.4, -0.2) is 36.0 Å². The van der Waals surface area contributed by atoms with E-state index < -0.39 is 0 Å². The highest BCUT2D eigenvalue weighted by Gasteiger charge is 2.20. The van der Waals surface area contributed by atoms with Crippen LogP contribution >= 0.6 is 0 Å². The Morgan fingerprint density at radius 3 is 2.48 bits per heavy atom. The number of piperidine rings is 1. The smallest absolute Gasteiger partial charge is 0.189 e. The van der Waals surface area contributed by atoms with Gasteiger partial charge in [0, 0.05) is 6.54 Å². The van der Waals surface area contributed by atoms with E-state index in [1.807, 2.05) is 31.2 Å². The number of rotatable bonds is 6. The van der Waals surface area contributed by atoms with E-state index >= 15 is 0 Å². The molecular formula is C23H27NO3. The van der Waals surface area contributed by atoms with E-state index in [0.29, 0.717) is 23.4 Å². The fourth-order valence-corrected chi connectivity index (χ4v) is 3.44. The number of nitrogens with zero attached hydrogens (tertiary/aromatic N) is 1. The highest BCUT2D eigenvalue weighted by Crippen LogP contribution is 2.33. The first kappa shape index (κ1) is 19.2. The van der Waals surface area contributed by atoms with E-state index in [2.05, 4.69) is 4.90 Å². The number of likely N-dealkylation sites (tertiary alicyclic amines) is 1. The summed E-state index contributed by atoms with van der Waals surface area (Å²) in [6.07, 6.45) is 6.87. The van der Waals surface area contributed by atoms with E-state index in [-0.39, 0.29) is 11.5 Å². The summed E-state index contributed by atoms with van der Waals surface area (Å²) >= 11 is 0. The topological polar surface area (TPSA) is 49.8 Å². The molecule has 2 aromatic carbocycles. The van der Waals surface area contributed by atoms with Crippen LogP contribution in [-0.2, 0) is 6.54 Å². The molecule has 1 aliphatic rings. The third kappa shape index (κ3) is 4.77. The summed E-state index contributed by atoms with van der Waals surface area (Å²) in [4.78, 5) is 15.0. The van der Waals surface area contributed by atoms with Crippen molar-refractivity contribution in [2.45, 2.75) is 32.7 Å². The van der Waals surface area contributed by atoms with Crippen molar-refractivity contribution in [1.29, 1.82) is 0 Å². The number of carbonyl (C=O) groups excluding carboxylic acids is 1. The fraction of sp³-hybridized carbons (Fsp3) is 0.348. The number of phenolic OH excluding ortho intramolecular Hbond substituents is 1. The molecule has 4 heteroatoms. The van der Waals surface area contributed by atoms with Crippen molar-refractivity contribution in [2.75, 3.05) is 20.2 Å². The van der Waals surface area contributed by atoms with E-state index in [1.165, 1.54) is 30.9 Å². The van der Waals surface area contributed by atoms with E-state index in [0.717, 1.165) is 18.7 Å². The van der Waals surface area contributed by atoms with Gasteiger partial charge in [0.2, 0.25) is 0 Å². The lowest BCUT2D eigenvalue weighted by molar-refractivity contribution is 0.104. The number of ether oxygens (including phenoxy) is 1. The maximum atomic E-state index is 12.6. The zero-order chi connectivity index (χ0) is 19.2. The first-order chi connectivity index (χ1) is 13.1. The zero-order valence-corrected chi connectivity index (χ0v) is 16.1. The Balaban J connectivity index is 1.82. The van der Waals surface area contributed by atoms with Gasteiger partial charge in [-0.25, -0.2) is 0 Å². The number of ketones is 1. The molecule has 1 aliphatic heterocycles. The normalized spacial score (nSPS) is 15.2. The third-order valence-electron chi connectivity index (χ3n) is 5.06. The molecule has 0 bridgehead atoms. The van der Waals surface area contributed by atoms with Crippen molar-refractivity contribution in [3.8, 4) is 11.5 Å². The molecule has 0 radical (unpaired) electrons. The van der Waals surface area contributed by atoms with Crippen LogP contribution in [0.4, 0.5) is 0 Å². The largest absolute Gasteiger partial charge is 0.507 e. The maximum Gasteiger partial charge on any atom is 0.189 e. The van der Waals surface area contributed by atoms with Crippen LogP contribution in [0, 0.1) is 6.92 Å². The van der Waals surface area contributed by atoms with Crippen LogP contribution in [0.2, 0.25) is 0 Å². The molecule has 142 valence electrons. The van der Waals surface area contributed by atoms with Gasteiger partial charge in [0.1, 0.15) is 11.5 Å². The van der Waals surface area contributed by atoms with Crippen molar-refractivity contribution in [3.05, 3.63) is 64.7 Å². The van der Waals surface area contributed by atoms with Crippen LogP contribution in [0.5, 0.6) is 11.5 Å². The van der Waals surface area contributed by atoms with Crippen LogP contribution in [0.25, 0.3) is 6.08 Å². The van der Waals surface area contributed by atoms with Gasteiger partial charge < -0.3 is 9.84 Å². The van der Waals surface area contributed by atoms with Gasteiger partial charge in [0.05, 0.1) is 18.2 Å². The molecule has 0 unspecified atom stereocenters. The molecule has 0 atom stereocenters. The molecule has 2 aromatic rings. The van der Waals surface area contributed by atoms with Crippen LogP contribution < -0.4 is 4.74 Å². The lowest BCUT2D eigenvalue weighted by atomic mass is 10.0. The van der Waals surface area contributed by atoms with Gasteiger partial charge in [-0.15, -0.1) is 0 Å². The second-order valence-corrected chi connectivity index (χ2v) is 7.09. The Kier molecular flexibility index (Phi) is 6.30. The predicted molar refractivity (Wildman–Crippen MR) is 108 cm³/mol. The Bertz CT molecular complexity index is 818. The number of hydrogen-bond acceptors (Lipinski definition) is 4. The average Bonchev–Trinajstić information content (AvgIpc) is 2.69. The molecule has 4 nitrogen and oxygen atoms in total. The number of benzene rings is 2. The molecule has 27 heavy (non-hydrogen) atoms. The summed E-state index contributed by atoms with van der Waals surface area (Å²) in [5, 5.41) is 10.8. The standard InChI is InChI=1S/C23H27NO3/c1-17-6-8-18(9-7-17)10-12-21(25)19-11-13-22(27-2)20(23(19)26)16-24-14-4-3-5-15-24/h6-13,26H,3-5,14-16H2,1-2H3/b12-10+. The summed E-state index contributed by atoms with van der Waals surface area (Å²) in [5.74, 6) is 0.436. The van der Waals surface area contributed by atoms with Crippen molar-refractivity contribution in [3.63, 3.8) is 0 Å². The van der Waals surface area contributed by atoms with Crippen LogP contribution in [0.1, 0.15) is 46.3 Å². The van der Waals surface area contributed by atoms with Crippen LogP contribution in [0.15, 0.2) is 42.5 Å². The summed E-state index contributed by atoms with van der Waals surface area (Å²) < 4.78 is 5.43. The van der Waals surface area contributed by atoms with E-state index in [9.17, 15) is 9.90 Å². The lowest BCUT2D eigenvalue weighted by Crippen LogP contribution is -2.29. The molecule has 1 heterocycles. The molecular weight excluding hydrogens is 338 g/mol. The van der Waals surface area contributed by atoms with Crippen molar-refractivity contribution in [2.24, 2.45) is 0 Å². The SMILES string of the molecule is COc1ccc(C(=O)/C=C/c2ccc(C)cc2)c(O)c1CN1CCCCC1. The summed E-state index contributed by atoms with van der Waals surface area (Å²) in [7, 11) is 1.59. The second-order valence-electron chi connectivity index (χ2n) is 7.09. The first-order valence-electron chi connectivity index (χ1n) is 9.49. The minimum atomic E-state index is -0.212. The Labute approximate surface area is 161 Å². The van der Waals surface area contributed by atoms with Crippen LogP contribution in [0.3, 0.4) is 0 Å². The van der Waals surface area contributed by atoms with Crippen molar-refractivity contribution >= 4 is 11.9 Å². The van der Waals surface area contributed by atoms with Gasteiger partial charge in [-0.2, -0.15) is 0 Å². The second kappa shape index (κ2) is 8.87. The number of aromatic hydroxyl groups is 1. The Morgan fingerprint density at radius 1 is 1.11 bits per heavy atom. The summed E-state index contributed by atoms with van der Waals surface area (Å²) in [6, 6.07) is 11.3. The minimum absolute atomic E-state index is 0.0264. The number of methoxy groups -OCH3 is 1. The van der Waals surface area contributed by atoms with Gasteiger partial charge in [0.15, 0.2) is 5.78 Å². The van der Waals surface area contributed by atoms with Crippen molar-refractivity contribution in [1.82, 2.24) is 4.90 Å². The summed E-state index contributed by atoms with van der Waals surface area (Å²) in [5.41, 5.74) is 3.13. The number of aryl methyl sites for hydroxylation is 1. The molecule has 0 saturated carbocycles. The molecule has 1 N–H and O–H groups in total. The van der Waals surface area contributed by atoms with Gasteiger partial charge in [0.25, 0.3) is 0 Å². The Morgan fingerprint density at radius 2 is 1.81 bits per heavy atom. The minimum Gasteiger partial charge on any atom is -0.507 e. The summed E-state index contributed by atoms with van der Waals surface area (Å²) in [6.45, 7) is 4.64. The van der Waals surface area contributed by atoms with Gasteiger partial charge in [-0.05, 0) is 56.6 Å². The molecule has 0 spiro atoms. The molecule has 3 rings (SSSR count). The van der Waals surface area contributed by atoms with E-state index in [1.54, 1.807) is 25.3 Å². The van der Waals surface area contributed by atoms with Crippen molar-refractivity contribution < 1.29 is 14.6 Å². The Hall–Kier alpha value is -2.59. The van der Waals surface area contributed by atoms with Gasteiger partial charge >= 0.3 is 0 Å². The van der Waals surface area contributed by atoms with E-state index in [4.69, 9.17) is 4.74 Å². The monoisotopic (exact) mass is 365 g/mol. The zero-order valence-electron chi connectivity index (χ0n) is 16.1. The van der Waals surface area contributed by atoms with Gasteiger partial charge in [-0.3, -0.25) is 9.69 Å². The quantitative estimate of drug-likeness (QED) is 0.601. The average molecular weight is 365 g/mol. The molecule has 0 aromatic heterocycles. The first-order valence-corrected chi connectivity index (χ1v) is 9.49.